The highest BCUT2D eigenvalue weighted by molar-refractivity contribution is 14.0. The first kappa shape index (κ1) is 22.1. The van der Waals surface area contributed by atoms with Crippen molar-refractivity contribution < 1.29 is 9.47 Å². The third kappa shape index (κ3) is 4.30. The topological polar surface area (TPSA) is 58.1 Å². The van der Waals surface area contributed by atoms with Crippen LogP contribution < -0.4 is 10.6 Å². The highest BCUT2D eigenvalue weighted by atomic mass is 127. The van der Waals surface area contributed by atoms with E-state index in [1.54, 1.807) is 0 Å². The van der Waals surface area contributed by atoms with Gasteiger partial charge in [-0.2, -0.15) is 0 Å². The predicted molar refractivity (Wildman–Crippen MR) is 126 cm³/mol. The molecule has 2 aliphatic carbocycles. The van der Waals surface area contributed by atoms with E-state index in [9.17, 15) is 0 Å². The normalized spacial score (nSPS) is 36.8. The summed E-state index contributed by atoms with van der Waals surface area (Å²) in [5.74, 6) is 2.49. The Morgan fingerprint density at radius 2 is 1.93 bits per heavy atom. The van der Waals surface area contributed by atoms with Crippen molar-refractivity contribution >= 4 is 29.9 Å². The van der Waals surface area contributed by atoms with Gasteiger partial charge in [0.05, 0.1) is 12.7 Å². The molecule has 0 aromatic rings. The summed E-state index contributed by atoms with van der Waals surface area (Å²) in [6, 6.07) is 1.11. The minimum Gasteiger partial charge on any atom is -0.381 e. The lowest BCUT2D eigenvalue weighted by molar-refractivity contribution is -0.171. The maximum atomic E-state index is 6.08. The maximum absolute atomic E-state index is 6.08. The molecule has 4 atom stereocenters. The molecule has 5 aliphatic rings. The van der Waals surface area contributed by atoms with Gasteiger partial charge in [0.15, 0.2) is 5.96 Å². The van der Waals surface area contributed by atoms with Gasteiger partial charge in [-0.05, 0) is 51.4 Å². The van der Waals surface area contributed by atoms with E-state index in [1.807, 2.05) is 0 Å². The summed E-state index contributed by atoms with van der Waals surface area (Å²) in [5.41, 5.74) is 0.407. The summed E-state index contributed by atoms with van der Waals surface area (Å²) in [4.78, 5) is 7.44. The van der Waals surface area contributed by atoms with E-state index in [0.29, 0.717) is 29.5 Å². The number of fused-ring (bicyclic) bond motifs is 2. The van der Waals surface area contributed by atoms with Gasteiger partial charge in [-0.3, -0.25) is 4.99 Å². The van der Waals surface area contributed by atoms with Gasteiger partial charge in [0.2, 0.25) is 0 Å². The van der Waals surface area contributed by atoms with Crippen LogP contribution in [0.5, 0.6) is 0 Å². The predicted octanol–water partition coefficient (Wildman–Crippen LogP) is 2.62. The molecule has 0 aromatic carbocycles. The van der Waals surface area contributed by atoms with E-state index in [0.717, 1.165) is 38.2 Å². The molecule has 166 valence electrons. The lowest BCUT2D eigenvalue weighted by Crippen LogP contribution is -2.72. The molecule has 2 N–H and O–H groups in total. The Labute approximate surface area is 192 Å². The Morgan fingerprint density at radius 1 is 1.10 bits per heavy atom. The first-order valence-corrected chi connectivity index (χ1v) is 11.8. The number of ether oxygens (including phenoxy) is 2. The van der Waals surface area contributed by atoms with Crippen LogP contribution in [0.2, 0.25) is 0 Å². The van der Waals surface area contributed by atoms with Gasteiger partial charge in [-0.25, -0.2) is 0 Å². The molecule has 1 spiro atoms. The molecule has 5 rings (SSSR count). The minimum atomic E-state index is 0. The number of likely N-dealkylation sites (tertiary alicyclic amines) is 1. The largest absolute Gasteiger partial charge is 0.381 e. The van der Waals surface area contributed by atoms with E-state index < -0.39 is 0 Å². The van der Waals surface area contributed by atoms with Crippen molar-refractivity contribution in [2.75, 3.05) is 46.0 Å². The van der Waals surface area contributed by atoms with E-state index >= 15 is 0 Å². The average molecular weight is 518 g/mol. The van der Waals surface area contributed by atoms with Crippen molar-refractivity contribution in [2.45, 2.75) is 70.1 Å². The van der Waals surface area contributed by atoms with E-state index in [-0.39, 0.29) is 24.0 Å². The molecule has 2 saturated carbocycles. The summed E-state index contributed by atoms with van der Waals surface area (Å²) in [6.45, 7) is 9.45. The number of guanidine groups is 1. The van der Waals surface area contributed by atoms with E-state index in [2.05, 4.69) is 22.5 Å². The highest BCUT2D eigenvalue weighted by Gasteiger charge is 2.66. The van der Waals surface area contributed by atoms with Crippen molar-refractivity contribution in [3.05, 3.63) is 0 Å². The number of hydrogen-bond donors (Lipinski definition) is 2. The second kappa shape index (κ2) is 9.57. The molecule has 6 nitrogen and oxygen atoms in total. The lowest BCUT2D eigenvalue weighted by Gasteiger charge is -2.63. The smallest absolute Gasteiger partial charge is 0.191 e. The number of rotatable bonds is 5. The monoisotopic (exact) mass is 518 g/mol. The second-order valence-electron chi connectivity index (χ2n) is 9.72. The van der Waals surface area contributed by atoms with Crippen molar-refractivity contribution in [3.63, 3.8) is 0 Å². The number of aliphatic imine (C=N–C) groups is 1. The third-order valence-corrected chi connectivity index (χ3v) is 8.11. The zero-order chi connectivity index (χ0) is 19.0. The molecule has 29 heavy (non-hydrogen) atoms. The number of piperidine rings is 1. The summed E-state index contributed by atoms with van der Waals surface area (Å²) < 4.78 is 11.6. The van der Waals surface area contributed by atoms with Gasteiger partial charge in [0.25, 0.3) is 0 Å². The summed E-state index contributed by atoms with van der Waals surface area (Å²) in [6.07, 6.45) is 9.42. The highest BCUT2D eigenvalue weighted by Crippen LogP contribution is 2.62. The van der Waals surface area contributed by atoms with Crippen LogP contribution in [0.15, 0.2) is 4.99 Å². The first-order valence-electron chi connectivity index (χ1n) is 11.8. The van der Waals surface area contributed by atoms with Crippen molar-refractivity contribution in [1.29, 1.82) is 0 Å². The molecule has 3 saturated heterocycles. The minimum absolute atomic E-state index is 0. The molecule has 0 radical (unpaired) electrons. The van der Waals surface area contributed by atoms with Crippen LogP contribution in [0.3, 0.4) is 0 Å². The zero-order valence-electron chi connectivity index (χ0n) is 17.9. The van der Waals surface area contributed by atoms with Gasteiger partial charge in [-0.1, -0.05) is 6.42 Å². The quantitative estimate of drug-likeness (QED) is 0.333. The van der Waals surface area contributed by atoms with Gasteiger partial charge >= 0.3 is 0 Å². The molecule has 3 heterocycles. The summed E-state index contributed by atoms with van der Waals surface area (Å²) in [5, 5.41) is 7.65. The Bertz CT molecular complexity index is 571. The molecular weight excluding hydrogens is 479 g/mol. The van der Waals surface area contributed by atoms with Crippen LogP contribution in [0.25, 0.3) is 0 Å². The molecule has 0 bridgehead atoms. The maximum Gasteiger partial charge on any atom is 0.191 e. The van der Waals surface area contributed by atoms with Gasteiger partial charge in [-0.15, -0.1) is 24.0 Å². The Hall–Kier alpha value is -0.120. The average Bonchev–Trinajstić information content (AvgIpc) is 3.31. The third-order valence-electron chi connectivity index (χ3n) is 8.11. The molecule has 4 unspecified atom stereocenters. The van der Waals surface area contributed by atoms with Crippen LogP contribution in [-0.4, -0.2) is 75.0 Å². The van der Waals surface area contributed by atoms with E-state index in [1.165, 1.54) is 64.6 Å². The summed E-state index contributed by atoms with van der Waals surface area (Å²) >= 11 is 0. The fourth-order valence-corrected chi connectivity index (χ4v) is 6.44. The molecule has 5 fully saturated rings. The number of nitrogens with one attached hydrogen (secondary N) is 2. The van der Waals surface area contributed by atoms with Gasteiger partial charge in [0, 0.05) is 62.8 Å². The number of hydrogen-bond acceptors (Lipinski definition) is 4. The Kier molecular flexibility index (Phi) is 7.29. The zero-order valence-corrected chi connectivity index (χ0v) is 20.2. The first-order chi connectivity index (χ1) is 13.8. The van der Waals surface area contributed by atoms with Gasteiger partial charge in [0.1, 0.15) is 0 Å². The van der Waals surface area contributed by atoms with Gasteiger partial charge < -0.3 is 25.0 Å². The van der Waals surface area contributed by atoms with Crippen LogP contribution in [0.4, 0.5) is 0 Å². The Morgan fingerprint density at radius 3 is 2.59 bits per heavy atom. The molecule has 3 aliphatic heterocycles. The standard InChI is InChI=1S/C22H38N4O2.HI/c1-2-23-21(25-19-18-7-13-28-20(18)22(19)8-3-9-22)24-17-4-10-26(11-5-17)14-16-6-12-27-15-16;/h16-20H,2-15H2,1H3,(H2,23,24,25);1H. The molecule has 7 heteroatoms. The summed E-state index contributed by atoms with van der Waals surface area (Å²) in [7, 11) is 0. The van der Waals surface area contributed by atoms with Crippen molar-refractivity contribution in [3.8, 4) is 0 Å². The number of nitrogens with zero attached hydrogens (tertiary/aromatic N) is 2. The van der Waals surface area contributed by atoms with Crippen LogP contribution in [0, 0.1) is 17.3 Å². The van der Waals surface area contributed by atoms with Crippen molar-refractivity contribution in [1.82, 2.24) is 15.5 Å². The fourth-order valence-electron chi connectivity index (χ4n) is 6.44. The molecule has 0 aromatic heterocycles. The van der Waals surface area contributed by atoms with Crippen molar-refractivity contribution in [2.24, 2.45) is 22.2 Å². The van der Waals surface area contributed by atoms with Crippen LogP contribution >= 0.6 is 24.0 Å². The number of halogens is 1. The van der Waals surface area contributed by atoms with Crippen LogP contribution in [0.1, 0.15) is 51.9 Å². The van der Waals surface area contributed by atoms with E-state index in [4.69, 9.17) is 14.5 Å². The SMILES string of the molecule is CCN=C(NC1CCN(CC2CCOC2)CC1)NC1C2CCOC2C12CCC2.I. The van der Waals surface area contributed by atoms with Crippen LogP contribution in [-0.2, 0) is 9.47 Å². The lowest BCUT2D eigenvalue weighted by atomic mass is 9.46. The second-order valence-corrected chi connectivity index (χ2v) is 9.72. The fraction of sp³-hybridized carbons (Fsp3) is 0.955. The Balaban J connectivity index is 0.00000205. The molecular formula is C22H39IN4O2. The molecule has 0 amide bonds.